The zero-order valence-electron chi connectivity index (χ0n) is 11.8. The molecule has 0 radical (unpaired) electrons. The van der Waals surface area contributed by atoms with Gasteiger partial charge >= 0.3 is 0 Å². The molecule has 1 N–H and O–H groups in total. The van der Waals surface area contributed by atoms with Crippen molar-refractivity contribution in [3.8, 4) is 0 Å². The van der Waals surface area contributed by atoms with Crippen molar-refractivity contribution in [2.45, 2.75) is 0 Å². The van der Waals surface area contributed by atoms with Gasteiger partial charge in [0, 0.05) is 32.4 Å². The number of aromatic amines is 1. The van der Waals surface area contributed by atoms with Crippen molar-refractivity contribution >= 4 is 11.6 Å². The number of hydrogen-bond donors (Lipinski definition) is 1. The second-order valence-corrected chi connectivity index (χ2v) is 5.03. The van der Waals surface area contributed by atoms with Gasteiger partial charge in [-0.15, -0.1) is 0 Å². The third-order valence-electron chi connectivity index (χ3n) is 3.65. The molecule has 1 aromatic heterocycles. The maximum absolute atomic E-state index is 13.8. The molecule has 22 heavy (non-hydrogen) atoms. The number of H-pyrrole nitrogens is 1. The van der Waals surface area contributed by atoms with Gasteiger partial charge in [-0.3, -0.25) is 9.59 Å². The van der Waals surface area contributed by atoms with Crippen LogP contribution in [0.15, 0.2) is 41.5 Å². The van der Waals surface area contributed by atoms with Crippen LogP contribution in [0.3, 0.4) is 0 Å². The van der Waals surface area contributed by atoms with E-state index >= 15 is 0 Å². The van der Waals surface area contributed by atoms with Gasteiger partial charge in [-0.2, -0.15) is 0 Å². The smallest absolute Gasteiger partial charge is 0.274 e. The maximum Gasteiger partial charge on any atom is 0.274 e. The number of amides is 1. The number of aromatic nitrogens is 2. The summed E-state index contributed by atoms with van der Waals surface area (Å²) in [4.78, 5) is 33.1. The fraction of sp³-hybridized carbons (Fsp3) is 0.267. The monoisotopic (exact) mass is 302 g/mol. The van der Waals surface area contributed by atoms with Crippen molar-refractivity contribution in [1.29, 1.82) is 0 Å². The third kappa shape index (κ3) is 2.83. The molecule has 3 rings (SSSR count). The van der Waals surface area contributed by atoms with Crippen LogP contribution in [-0.4, -0.2) is 47.0 Å². The lowest BCUT2D eigenvalue weighted by Crippen LogP contribution is -2.49. The second-order valence-electron chi connectivity index (χ2n) is 5.03. The quantitative estimate of drug-likeness (QED) is 0.894. The third-order valence-corrected chi connectivity index (χ3v) is 3.65. The number of para-hydroxylation sites is 1. The number of hydrogen-bond acceptors (Lipinski definition) is 4. The molecule has 0 unspecified atom stereocenters. The van der Waals surface area contributed by atoms with E-state index in [-0.39, 0.29) is 23.0 Å². The number of nitrogens with one attached hydrogen (secondary N) is 1. The fourth-order valence-electron chi connectivity index (χ4n) is 2.48. The van der Waals surface area contributed by atoms with E-state index in [0.29, 0.717) is 31.9 Å². The zero-order chi connectivity index (χ0) is 15.5. The molecule has 1 aromatic carbocycles. The highest BCUT2D eigenvalue weighted by atomic mass is 19.1. The van der Waals surface area contributed by atoms with Gasteiger partial charge in [0.1, 0.15) is 11.5 Å². The molecule has 0 saturated carbocycles. The highest BCUT2D eigenvalue weighted by Crippen LogP contribution is 2.20. The number of nitrogens with zero attached hydrogens (tertiary/aromatic N) is 3. The van der Waals surface area contributed by atoms with Gasteiger partial charge in [-0.1, -0.05) is 12.1 Å². The number of piperazine rings is 1. The Balaban J connectivity index is 1.67. The van der Waals surface area contributed by atoms with E-state index in [4.69, 9.17) is 0 Å². The van der Waals surface area contributed by atoms with Gasteiger partial charge in [0.15, 0.2) is 0 Å². The van der Waals surface area contributed by atoms with Crippen LogP contribution in [0.5, 0.6) is 0 Å². The summed E-state index contributed by atoms with van der Waals surface area (Å²) in [7, 11) is 0. The van der Waals surface area contributed by atoms with Crippen LogP contribution >= 0.6 is 0 Å². The summed E-state index contributed by atoms with van der Waals surface area (Å²) < 4.78 is 13.8. The van der Waals surface area contributed by atoms with Crippen LogP contribution < -0.4 is 10.5 Å². The SMILES string of the molecule is O=C(c1c[nH]c(=O)cn1)N1CCN(c2ccccc2F)CC1. The van der Waals surface area contributed by atoms with E-state index in [1.165, 1.54) is 12.3 Å². The normalized spacial score (nSPS) is 15.0. The average molecular weight is 302 g/mol. The molecule has 0 spiro atoms. The number of benzene rings is 1. The first-order valence-electron chi connectivity index (χ1n) is 6.98. The predicted octanol–water partition coefficient (Wildman–Crippen LogP) is 0.871. The van der Waals surface area contributed by atoms with E-state index in [1.54, 1.807) is 23.1 Å². The molecule has 1 saturated heterocycles. The molecular formula is C15H15FN4O2. The zero-order valence-corrected chi connectivity index (χ0v) is 11.8. The Morgan fingerprint density at radius 2 is 1.91 bits per heavy atom. The van der Waals surface area contributed by atoms with E-state index in [9.17, 15) is 14.0 Å². The van der Waals surface area contributed by atoms with Crippen molar-refractivity contribution in [3.63, 3.8) is 0 Å². The Kier molecular flexibility index (Phi) is 3.86. The minimum atomic E-state index is -0.346. The molecule has 1 fully saturated rings. The van der Waals surface area contributed by atoms with Crippen molar-refractivity contribution in [2.24, 2.45) is 0 Å². The van der Waals surface area contributed by atoms with Gasteiger partial charge in [0.25, 0.3) is 11.5 Å². The van der Waals surface area contributed by atoms with E-state index < -0.39 is 0 Å². The van der Waals surface area contributed by atoms with E-state index in [1.807, 2.05) is 4.90 Å². The lowest BCUT2D eigenvalue weighted by molar-refractivity contribution is 0.0740. The summed E-state index contributed by atoms with van der Waals surface area (Å²) in [5, 5.41) is 0. The van der Waals surface area contributed by atoms with Crippen LogP contribution in [0.25, 0.3) is 0 Å². The van der Waals surface area contributed by atoms with Gasteiger partial charge < -0.3 is 14.8 Å². The summed E-state index contributed by atoms with van der Waals surface area (Å²) in [6, 6.07) is 6.61. The van der Waals surface area contributed by atoms with Gasteiger partial charge in [-0.25, -0.2) is 9.37 Å². The van der Waals surface area contributed by atoms with E-state index in [2.05, 4.69) is 9.97 Å². The first-order chi connectivity index (χ1) is 10.6. The Bertz CT molecular complexity index is 718. The summed E-state index contributed by atoms with van der Waals surface area (Å²) >= 11 is 0. The van der Waals surface area contributed by atoms with Crippen LogP contribution in [-0.2, 0) is 0 Å². The minimum Gasteiger partial charge on any atom is -0.366 e. The largest absolute Gasteiger partial charge is 0.366 e. The summed E-state index contributed by atoms with van der Waals surface area (Å²) in [5.74, 6) is -0.492. The van der Waals surface area contributed by atoms with Crippen LogP contribution in [0.1, 0.15) is 10.5 Å². The van der Waals surface area contributed by atoms with Crippen molar-refractivity contribution in [2.75, 3.05) is 31.1 Å². The summed E-state index contributed by atoms with van der Waals surface area (Å²) in [6.45, 7) is 2.06. The van der Waals surface area contributed by atoms with Crippen molar-refractivity contribution in [1.82, 2.24) is 14.9 Å². The molecule has 114 valence electrons. The number of rotatable bonds is 2. The highest BCUT2D eigenvalue weighted by molar-refractivity contribution is 5.92. The predicted molar refractivity (Wildman–Crippen MR) is 79.4 cm³/mol. The van der Waals surface area contributed by atoms with Gasteiger partial charge in [-0.05, 0) is 12.1 Å². The molecule has 1 aliphatic heterocycles. The first-order valence-corrected chi connectivity index (χ1v) is 6.98. The topological polar surface area (TPSA) is 69.3 Å². The number of anilines is 1. The lowest BCUT2D eigenvalue weighted by atomic mass is 10.2. The standard InChI is InChI=1S/C15H15FN4O2/c16-11-3-1-2-4-13(11)19-5-7-20(8-6-19)15(22)12-9-18-14(21)10-17-12/h1-4,9-10H,5-8H2,(H,18,21). The van der Waals surface area contributed by atoms with Crippen LogP contribution in [0, 0.1) is 5.82 Å². The molecule has 2 heterocycles. The second kappa shape index (κ2) is 5.97. The van der Waals surface area contributed by atoms with E-state index in [0.717, 1.165) is 6.20 Å². The molecule has 1 aliphatic rings. The Hall–Kier alpha value is -2.70. The van der Waals surface area contributed by atoms with Gasteiger partial charge in [0.05, 0.1) is 11.9 Å². The molecule has 0 atom stereocenters. The average Bonchev–Trinajstić information content (AvgIpc) is 2.56. The summed E-state index contributed by atoms with van der Waals surface area (Å²) in [5.41, 5.74) is 0.414. The minimum absolute atomic E-state index is 0.207. The van der Waals surface area contributed by atoms with Gasteiger partial charge in [0.2, 0.25) is 0 Å². The molecule has 2 aromatic rings. The Morgan fingerprint density at radius 3 is 2.55 bits per heavy atom. The van der Waals surface area contributed by atoms with Crippen molar-refractivity contribution < 1.29 is 9.18 Å². The molecule has 0 bridgehead atoms. The fourth-order valence-corrected chi connectivity index (χ4v) is 2.48. The summed E-state index contributed by atoms with van der Waals surface area (Å²) in [6.07, 6.45) is 2.40. The molecule has 7 heteroatoms. The number of halogens is 1. The van der Waals surface area contributed by atoms with Crippen LogP contribution in [0.2, 0.25) is 0 Å². The molecular weight excluding hydrogens is 287 g/mol. The maximum atomic E-state index is 13.8. The Labute approximate surface area is 126 Å². The number of carbonyl (C=O) groups is 1. The lowest BCUT2D eigenvalue weighted by Gasteiger charge is -2.36. The first kappa shape index (κ1) is 14.2. The molecule has 1 amide bonds. The Morgan fingerprint density at radius 1 is 1.18 bits per heavy atom. The molecule has 0 aliphatic carbocycles. The number of carbonyl (C=O) groups excluding carboxylic acids is 1. The molecule has 6 nitrogen and oxygen atoms in total. The van der Waals surface area contributed by atoms with Crippen LogP contribution in [0.4, 0.5) is 10.1 Å². The highest BCUT2D eigenvalue weighted by Gasteiger charge is 2.24. The van der Waals surface area contributed by atoms with Crippen molar-refractivity contribution in [3.05, 3.63) is 58.5 Å².